The van der Waals surface area contributed by atoms with Gasteiger partial charge in [0.05, 0.1) is 10.4 Å². The molecule has 0 bridgehead atoms. The summed E-state index contributed by atoms with van der Waals surface area (Å²) in [6.45, 7) is 1.65. The van der Waals surface area contributed by atoms with Crippen LogP contribution in [0.15, 0.2) is 6.07 Å². The Morgan fingerprint density at radius 1 is 1.27 bits per heavy atom. The van der Waals surface area contributed by atoms with E-state index in [2.05, 4.69) is 15.8 Å². The van der Waals surface area contributed by atoms with E-state index in [1.165, 1.54) is 28.4 Å². The summed E-state index contributed by atoms with van der Waals surface area (Å²) >= 11 is 9.37. The molecule has 22 heavy (non-hydrogen) atoms. The number of ether oxygens (including phenoxy) is 1. The van der Waals surface area contributed by atoms with Crippen LogP contribution in [0.1, 0.15) is 53.9 Å². The molecule has 0 amide bonds. The SMILES string of the molecule is Clc1cc2c(s1)CCCC2Nc1nc(C2CCOCC2)ns1. The van der Waals surface area contributed by atoms with Crippen LogP contribution in [0.4, 0.5) is 5.13 Å². The fourth-order valence-corrected chi connectivity index (χ4v) is 5.32. The Hall–Kier alpha value is -0.690. The smallest absolute Gasteiger partial charge is 0.203 e. The molecular formula is C15H18ClN3OS2. The molecule has 1 aliphatic carbocycles. The zero-order valence-corrected chi connectivity index (χ0v) is 14.6. The van der Waals surface area contributed by atoms with Gasteiger partial charge in [-0.3, -0.25) is 0 Å². The maximum absolute atomic E-state index is 6.18. The second-order valence-corrected chi connectivity index (χ2v) is 8.38. The van der Waals surface area contributed by atoms with Crippen LogP contribution in [0.5, 0.6) is 0 Å². The van der Waals surface area contributed by atoms with Crippen molar-refractivity contribution in [2.24, 2.45) is 0 Å². The minimum absolute atomic E-state index is 0.322. The van der Waals surface area contributed by atoms with Crippen molar-refractivity contribution in [1.82, 2.24) is 9.36 Å². The number of hydrogen-bond donors (Lipinski definition) is 1. The number of anilines is 1. The van der Waals surface area contributed by atoms with Gasteiger partial charge in [0, 0.05) is 35.5 Å². The van der Waals surface area contributed by atoms with Crippen molar-refractivity contribution < 1.29 is 4.74 Å². The molecule has 2 aromatic rings. The van der Waals surface area contributed by atoms with Gasteiger partial charge in [-0.15, -0.1) is 11.3 Å². The standard InChI is InChI=1S/C15H18ClN3OS2/c16-13-8-10-11(2-1-3-12(10)21-13)17-15-18-14(19-22-15)9-4-6-20-7-5-9/h8-9,11H,1-7H2,(H,17,18,19). The number of nitrogens with one attached hydrogen (secondary N) is 1. The van der Waals surface area contributed by atoms with Crippen LogP contribution in [-0.2, 0) is 11.2 Å². The molecule has 4 nitrogen and oxygen atoms in total. The summed E-state index contributed by atoms with van der Waals surface area (Å²) in [5.74, 6) is 1.44. The summed E-state index contributed by atoms with van der Waals surface area (Å²) in [7, 11) is 0. The first-order valence-corrected chi connectivity index (χ1v) is 9.72. The van der Waals surface area contributed by atoms with Crippen molar-refractivity contribution in [3.05, 3.63) is 26.7 Å². The third kappa shape index (κ3) is 3.02. The van der Waals surface area contributed by atoms with E-state index in [0.717, 1.165) is 54.2 Å². The number of halogens is 1. The summed E-state index contributed by atoms with van der Waals surface area (Å²) in [6, 6.07) is 2.43. The molecule has 1 saturated heterocycles. The first-order chi connectivity index (χ1) is 10.8. The van der Waals surface area contributed by atoms with E-state index in [9.17, 15) is 0 Å². The molecule has 0 radical (unpaired) electrons. The van der Waals surface area contributed by atoms with Crippen molar-refractivity contribution >= 4 is 39.6 Å². The highest BCUT2D eigenvalue weighted by Crippen LogP contribution is 2.39. The molecule has 118 valence electrons. The first-order valence-electron chi connectivity index (χ1n) is 7.75. The molecular weight excluding hydrogens is 338 g/mol. The fraction of sp³-hybridized carbons (Fsp3) is 0.600. The van der Waals surface area contributed by atoms with Crippen LogP contribution in [0, 0.1) is 0 Å². The Bertz CT molecular complexity index is 651. The van der Waals surface area contributed by atoms with Gasteiger partial charge in [-0.1, -0.05) is 11.6 Å². The number of hydrogen-bond acceptors (Lipinski definition) is 6. The summed E-state index contributed by atoms with van der Waals surface area (Å²) < 4.78 is 10.9. The number of rotatable bonds is 3. The van der Waals surface area contributed by atoms with Crippen molar-refractivity contribution in [3.8, 4) is 0 Å². The molecule has 2 aromatic heterocycles. The minimum atomic E-state index is 0.322. The molecule has 1 aliphatic heterocycles. The normalized spacial score (nSPS) is 22.5. The van der Waals surface area contributed by atoms with E-state index >= 15 is 0 Å². The van der Waals surface area contributed by atoms with Gasteiger partial charge in [0.25, 0.3) is 0 Å². The van der Waals surface area contributed by atoms with Gasteiger partial charge < -0.3 is 10.1 Å². The first kappa shape index (κ1) is 14.9. The minimum Gasteiger partial charge on any atom is -0.381 e. The Morgan fingerprint density at radius 2 is 2.14 bits per heavy atom. The quantitative estimate of drug-likeness (QED) is 0.871. The number of thiophene rings is 1. The summed E-state index contributed by atoms with van der Waals surface area (Å²) in [5.41, 5.74) is 1.35. The molecule has 3 heterocycles. The summed E-state index contributed by atoms with van der Waals surface area (Å²) in [6.07, 6.45) is 5.54. The van der Waals surface area contributed by atoms with Crippen LogP contribution in [-0.4, -0.2) is 22.6 Å². The van der Waals surface area contributed by atoms with E-state index < -0.39 is 0 Å². The molecule has 0 spiro atoms. The van der Waals surface area contributed by atoms with Crippen molar-refractivity contribution in [1.29, 1.82) is 0 Å². The molecule has 2 aliphatic rings. The Balaban J connectivity index is 1.49. The second-order valence-electron chi connectivity index (χ2n) is 5.86. The van der Waals surface area contributed by atoms with Gasteiger partial charge in [0.1, 0.15) is 5.82 Å². The predicted molar refractivity (Wildman–Crippen MR) is 91.3 cm³/mol. The van der Waals surface area contributed by atoms with Crippen molar-refractivity contribution in [3.63, 3.8) is 0 Å². The Labute approximate surface area is 143 Å². The van der Waals surface area contributed by atoms with Crippen LogP contribution in [0.3, 0.4) is 0 Å². The van der Waals surface area contributed by atoms with Gasteiger partial charge in [0.15, 0.2) is 0 Å². The van der Waals surface area contributed by atoms with Crippen molar-refractivity contribution in [2.45, 2.75) is 44.1 Å². The number of aryl methyl sites for hydroxylation is 1. The zero-order valence-electron chi connectivity index (χ0n) is 12.2. The van der Waals surface area contributed by atoms with Crippen molar-refractivity contribution in [2.75, 3.05) is 18.5 Å². The monoisotopic (exact) mass is 355 g/mol. The number of aromatic nitrogens is 2. The van der Waals surface area contributed by atoms with Crippen LogP contribution in [0.2, 0.25) is 4.34 Å². The third-order valence-electron chi connectivity index (χ3n) is 4.41. The molecule has 1 atom stereocenters. The van der Waals surface area contributed by atoms with E-state index in [0.29, 0.717) is 12.0 Å². The molecule has 1 unspecified atom stereocenters. The summed E-state index contributed by atoms with van der Waals surface area (Å²) in [5, 5.41) is 4.50. The maximum atomic E-state index is 6.18. The highest BCUT2D eigenvalue weighted by atomic mass is 35.5. The number of nitrogens with zero attached hydrogens (tertiary/aromatic N) is 2. The average molecular weight is 356 g/mol. The molecule has 7 heteroatoms. The molecule has 0 saturated carbocycles. The lowest BCUT2D eigenvalue weighted by atomic mass is 9.94. The zero-order chi connectivity index (χ0) is 14.9. The maximum Gasteiger partial charge on any atom is 0.203 e. The largest absolute Gasteiger partial charge is 0.381 e. The average Bonchev–Trinajstić information content (AvgIpc) is 3.14. The second kappa shape index (κ2) is 6.43. The van der Waals surface area contributed by atoms with Gasteiger partial charge in [-0.25, -0.2) is 4.98 Å². The summed E-state index contributed by atoms with van der Waals surface area (Å²) in [4.78, 5) is 6.14. The van der Waals surface area contributed by atoms with E-state index in [4.69, 9.17) is 21.3 Å². The Morgan fingerprint density at radius 3 is 3.00 bits per heavy atom. The highest BCUT2D eigenvalue weighted by Gasteiger charge is 2.25. The van der Waals surface area contributed by atoms with Gasteiger partial charge in [0.2, 0.25) is 5.13 Å². The van der Waals surface area contributed by atoms with Crippen LogP contribution in [0.25, 0.3) is 0 Å². The third-order valence-corrected chi connectivity index (χ3v) is 6.41. The molecule has 4 rings (SSSR count). The lowest BCUT2D eigenvalue weighted by Gasteiger charge is -2.23. The predicted octanol–water partition coefficient (Wildman–Crippen LogP) is 4.64. The number of fused-ring (bicyclic) bond motifs is 1. The van der Waals surface area contributed by atoms with Gasteiger partial charge in [-0.05, 0) is 43.7 Å². The highest BCUT2D eigenvalue weighted by molar-refractivity contribution is 7.16. The van der Waals surface area contributed by atoms with E-state index in [-0.39, 0.29) is 0 Å². The van der Waals surface area contributed by atoms with Crippen LogP contribution < -0.4 is 5.32 Å². The molecule has 1 fully saturated rings. The molecule has 1 N–H and O–H groups in total. The molecule has 0 aromatic carbocycles. The van der Waals surface area contributed by atoms with E-state index in [1.807, 2.05) is 0 Å². The van der Waals surface area contributed by atoms with Gasteiger partial charge in [-0.2, -0.15) is 4.37 Å². The Kier molecular flexibility index (Phi) is 4.35. The fourth-order valence-electron chi connectivity index (χ4n) is 3.24. The van der Waals surface area contributed by atoms with E-state index in [1.54, 1.807) is 11.3 Å². The lowest BCUT2D eigenvalue weighted by Crippen LogP contribution is -2.16. The van der Waals surface area contributed by atoms with Gasteiger partial charge >= 0.3 is 0 Å². The topological polar surface area (TPSA) is 47.0 Å². The lowest BCUT2D eigenvalue weighted by molar-refractivity contribution is 0.0838. The van der Waals surface area contributed by atoms with Crippen LogP contribution >= 0.6 is 34.5 Å².